The van der Waals surface area contributed by atoms with Gasteiger partial charge in [0.15, 0.2) is 0 Å². The van der Waals surface area contributed by atoms with Gasteiger partial charge in [0, 0.05) is 10.6 Å². The highest BCUT2D eigenvalue weighted by Crippen LogP contribution is 2.29. The number of aryl methyl sites for hydroxylation is 1. The van der Waals surface area contributed by atoms with Crippen LogP contribution in [-0.4, -0.2) is 28.3 Å². The zero-order valence-corrected chi connectivity index (χ0v) is 10.7. The number of nitrogens with two attached hydrogens (primary N) is 1. The smallest absolute Gasteiger partial charge is 0.339 e. The molecule has 3 N–H and O–H groups in total. The van der Waals surface area contributed by atoms with Crippen LogP contribution in [0.5, 0.6) is 0 Å². The molecular formula is C11H12N4O2S. The van der Waals surface area contributed by atoms with E-state index < -0.39 is 5.97 Å². The largest absolute Gasteiger partial charge is 0.465 e. The molecule has 0 aliphatic rings. The van der Waals surface area contributed by atoms with Crippen LogP contribution in [0.15, 0.2) is 28.3 Å². The summed E-state index contributed by atoms with van der Waals surface area (Å²) in [6, 6.07) is 5.04. The molecule has 7 heteroatoms. The summed E-state index contributed by atoms with van der Waals surface area (Å²) in [5.74, 6) is 0.282. The molecule has 6 nitrogen and oxygen atoms in total. The van der Waals surface area contributed by atoms with E-state index in [2.05, 4.69) is 15.2 Å². The number of benzene rings is 1. The van der Waals surface area contributed by atoms with Gasteiger partial charge in [0.2, 0.25) is 5.16 Å². The predicted octanol–water partition coefficient (Wildman–Crippen LogP) is 1.63. The molecule has 94 valence electrons. The Morgan fingerprint density at radius 3 is 2.89 bits per heavy atom. The summed E-state index contributed by atoms with van der Waals surface area (Å²) in [7, 11) is 1.33. The normalized spacial score (nSPS) is 10.3. The first-order chi connectivity index (χ1) is 8.60. The first-order valence-corrected chi connectivity index (χ1v) is 5.96. The molecular weight excluding hydrogens is 252 g/mol. The second kappa shape index (κ2) is 5.09. The topological polar surface area (TPSA) is 93.9 Å². The van der Waals surface area contributed by atoms with Gasteiger partial charge in [-0.15, -0.1) is 5.10 Å². The fraction of sp³-hybridized carbons (Fsp3) is 0.182. The highest BCUT2D eigenvalue weighted by atomic mass is 32.2. The number of rotatable bonds is 3. The Morgan fingerprint density at radius 1 is 1.50 bits per heavy atom. The minimum Gasteiger partial charge on any atom is -0.465 e. The molecule has 0 saturated heterocycles. The summed E-state index contributed by atoms with van der Waals surface area (Å²) in [4.78, 5) is 16.5. The lowest BCUT2D eigenvalue weighted by Crippen LogP contribution is -2.04. The molecule has 0 radical (unpaired) electrons. The maximum Gasteiger partial charge on any atom is 0.339 e. The average molecular weight is 264 g/mol. The number of hydrogen-bond acceptors (Lipinski definition) is 6. The third-order valence-corrected chi connectivity index (χ3v) is 3.13. The van der Waals surface area contributed by atoms with Crippen molar-refractivity contribution in [3.05, 3.63) is 29.6 Å². The van der Waals surface area contributed by atoms with E-state index >= 15 is 0 Å². The molecule has 1 aromatic carbocycles. The molecule has 0 amide bonds. The molecule has 1 heterocycles. The van der Waals surface area contributed by atoms with E-state index in [1.165, 1.54) is 18.9 Å². The predicted molar refractivity (Wildman–Crippen MR) is 67.4 cm³/mol. The third-order valence-electron chi connectivity index (χ3n) is 2.19. The number of esters is 1. The van der Waals surface area contributed by atoms with Crippen LogP contribution in [0.25, 0.3) is 0 Å². The number of anilines is 1. The number of nitrogens with zero attached hydrogens (tertiary/aromatic N) is 2. The van der Waals surface area contributed by atoms with Gasteiger partial charge in [-0.05, 0) is 36.9 Å². The average Bonchev–Trinajstić information content (AvgIpc) is 2.76. The van der Waals surface area contributed by atoms with Gasteiger partial charge in [-0.1, -0.05) is 0 Å². The molecule has 0 bridgehead atoms. The number of carbonyl (C=O) groups excluding carboxylic acids is 1. The molecule has 0 saturated carbocycles. The summed E-state index contributed by atoms with van der Waals surface area (Å²) in [5, 5.41) is 7.29. The highest BCUT2D eigenvalue weighted by Gasteiger charge is 2.14. The van der Waals surface area contributed by atoms with E-state index in [1.807, 2.05) is 0 Å². The Morgan fingerprint density at radius 2 is 2.28 bits per heavy atom. The number of nitrogens with one attached hydrogen (secondary N) is 1. The lowest BCUT2D eigenvalue weighted by atomic mass is 10.2. The number of H-pyrrole nitrogens is 1. The van der Waals surface area contributed by atoms with Crippen LogP contribution in [0, 0.1) is 6.92 Å². The van der Waals surface area contributed by atoms with Crippen molar-refractivity contribution in [1.29, 1.82) is 0 Å². The second-order valence-electron chi connectivity index (χ2n) is 3.55. The van der Waals surface area contributed by atoms with Crippen molar-refractivity contribution in [3.63, 3.8) is 0 Å². The number of nitrogen functional groups attached to an aromatic ring is 1. The molecule has 0 spiro atoms. The van der Waals surface area contributed by atoms with Crippen molar-refractivity contribution in [3.8, 4) is 0 Å². The molecule has 0 aliphatic heterocycles. The molecule has 2 rings (SSSR count). The van der Waals surface area contributed by atoms with Gasteiger partial charge in [-0.3, -0.25) is 5.10 Å². The SMILES string of the molecule is COC(=O)c1cc(N)ccc1Sc1n[nH]c(C)n1. The van der Waals surface area contributed by atoms with Crippen LogP contribution in [-0.2, 0) is 4.74 Å². The summed E-state index contributed by atoms with van der Waals surface area (Å²) in [6.45, 7) is 1.81. The molecule has 0 fully saturated rings. The van der Waals surface area contributed by atoms with E-state index in [9.17, 15) is 4.79 Å². The van der Waals surface area contributed by atoms with Crippen LogP contribution < -0.4 is 5.73 Å². The maximum absolute atomic E-state index is 11.6. The van der Waals surface area contributed by atoms with Crippen molar-refractivity contribution in [1.82, 2.24) is 15.2 Å². The van der Waals surface area contributed by atoms with Crippen molar-refractivity contribution in [2.24, 2.45) is 0 Å². The molecule has 1 aromatic heterocycles. The molecule has 18 heavy (non-hydrogen) atoms. The Balaban J connectivity index is 2.35. The molecule has 0 unspecified atom stereocenters. The minimum atomic E-state index is -0.433. The van der Waals surface area contributed by atoms with Crippen molar-refractivity contribution in [2.75, 3.05) is 12.8 Å². The fourth-order valence-corrected chi connectivity index (χ4v) is 2.23. The van der Waals surface area contributed by atoms with Crippen LogP contribution >= 0.6 is 11.8 Å². The Bertz CT molecular complexity index is 582. The lowest BCUT2D eigenvalue weighted by molar-refractivity contribution is 0.0597. The zero-order chi connectivity index (χ0) is 13.1. The summed E-state index contributed by atoms with van der Waals surface area (Å²) in [5.41, 5.74) is 6.58. The summed E-state index contributed by atoms with van der Waals surface area (Å²) < 4.78 is 4.72. The quantitative estimate of drug-likeness (QED) is 0.646. The molecule has 0 atom stereocenters. The van der Waals surface area contributed by atoms with Crippen LogP contribution in [0.4, 0.5) is 5.69 Å². The number of carbonyl (C=O) groups is 1. The van der Waals surface area contributed by atoms with Crippen molar-refractivity contribution in [2.45, 2.75) is 17.0 Å². The zero-order valence-electron chi connectivity index (χ0n) is 9.93. The van der Waals surface area contributed by atoms with Gasteiger partial charge >= 0.3 is 5.97 Å². The monoisotopic (exact) mass is 264 g/mol. The van der Waals surface area contributed by atoms with Crippen LogP contribution in [0.1, 0.15) is 16.2 Å². The Labute approximate surface area is 108 Å². The van der Waals surface area contributed by atoms with Crippen LogP contribution in [0.3, 0.4) is 0 Å². The standard InChI is InChI=1S/C11H12N4O2S/c1-6-13-11(15-14-6)18-9-4-3-7(12)5-8(9)10(16)17-2/h3-5H,12H2,1-2H3,(H,13,14,15). The summed E-state index contributed by atoms with van der Waals surface area (Å²) >= 11 is 1.28. The first-order valence-electron chi connectivity index (χ1n) is 5.15. The number of ether oxygens (including phenoxy) is 1. The Kier molecular flexibility index (Phi) is 3.52. The maximum atomic E-state index is 11.6. The number of aromatic nitrogens is 3. The van der Waals surface area contributed by atoms with Gasteiger partial charge in [0.25, 0.3) is 0 Å². The van der Waals surface area contributed by atoms with Gasteiger partial charge in [-0.25, -0.2) is 9.78 Å². The van der Waals surface area contributed by atoms with Crippen molar-refractivity contribution < 1.29 is 9.53 Å². The van der Waals surface area contributed by atoms with Gasteiger partial charge in [0.1, 0.15) is 5.82 Å². The summed E-state index contributed by atoms with van der Waals surface area (Å²) in [6.07, 6.45) is 0. The Hall–Kier alpha value is -2.02. The first kappa shape index (κ1) is 12.4. The number of aromatic amines is 1. The van der Waals surface area contributed by atoms with Gasteiger partial charge in [-0.2, -0.15) is 0 Å². The van der Waals surface area contributed by atoms with E-state index in [0.717, 1.165) is 0 Å². The molecule has 0 aliphatic carbocycles. The van der Waals surface area contributed by atoms with E-state index in [4.69, 9.17) is 10.5 Å². The minimum absolute atomic E-state index is 0.407. The van der Waals surface area contributed by atoms with Crippen molar-refractivity contribution >= 4 is 23.4 Å². The van der Waals surface area contributed by atoms with Crippen LogP contribution in [0.2, 0.25) is 0 Å². The molecule has 2 aromatic rings. The lowest BCUT2D eigenvalue weighted by Gasteiger charge is -2.06. The number of hydrogen-bond donors (Lipinski definition) is 2. The third kappa shape index (κ3) is 2.62. The highest BCUT2D eigenvalue weighted by molar-refractivity contribution is 7.99. The fourth-order valence-electron chi connectivity index (χ4n) is 1.37. The van der Waals surface area contributed by atoms with Gasteiger partial charge < -0.3 is 10.5 Å². The number of methoxy groups -OCH3 is 1. The van der Waals surface area contributed by atoms with Gasteiger partial charge in [0.05, 0.1) is 12.7 Å². The van der Waals surface area contributed by atoms with E-state index in [1.54, 1.807) is 25.1 Å². The van der Waals surface area contributed by atoms with E-state index in [-0.39, 0.29) is 0 Å². The second-order valence-corrected chi connectivity index (χ2v) is 4.56. The van der Waals surface area contributed by atoms with E-state index in [0.29, 0.717) is 27.1 Å².